The molecule has 0 aromatic carbocycles. The molecule has 0 nitrogen and oxygen atoms in total. The average Bonchev–Trinajstić information content (AvgIpc) is 2.33. The van der Waals surface area contributed by atoms with Crippen molar-refractivity contribution in [1.82, 2.24) is 0 Å². The fraction of sp³-hybridized carbons (Fsp3) is 1.00. The van der Waals surface area contributed by atoms with Crippen LogP contribution in [0.2, 0.25) is 0 Å². The molecule has 0 fully saturated rings. The second-order valence-corrected chi connectivity index (χ2v) is 6.55. The number of hydrogen-bond acceptors (Lipinski definition) is 0. The minimum absolute atomic E-state index is 0.540. The molecule has 0 aliphatic heterocycles. The lowest BCUT2D eigenvalue weighted by atomic mass is 9.61. The van der Waals surface area contributed by atoms with Crippen LogP contribution < -0.4 is 0 Å². The maximum atomic E-state index is 2.51. The van der Waals surface area contributed by atoms with Gasteiger partial charge in [0.15, 0.2) is 0 Å². The molecule has 0 bridgehead atoms. The van der Waals surface area contributed by atoms with Gasteiger partial charge in [0, 0.05) is 0 Å². The molecule has 0 spiro atoms. The highest BCUT2D eigenvalue weighted by Crippen LogP contribution is 2.45. The Bertz CT molecular complexity index is 188. The summed E-state index contributed by atoms with van der Waals surface area (Å²) in [5, 5.41) is 0. The molecule has 0 amide bonds. The van der Waals surface area contributed by atoms with Crippen LogP contribution in [-0.2, 0) is 0 Å². The van der Waals surface area contributed by atoms with E-state index >= 15 is 0 Å². The van der Waals surface area contributed by atoms with Crippen LogP contribution in [0.5, 0.6) is 0 Å². The molecule has 0 saturated carbocycles. The Morgan fingerprint density at radius 3 is 1.53 bits per heavy atom. The zero-order chi connectivity index (χ0) is 13.6. The number of rotatable bonds is 8. The maximum absolute atomic E-state index is 2.51. The Morgan fingerprint density at radius 2 is 1.29 bits per heavy atom. The first-order chi connectivity index (χ1) is 7.87. The van der Waals surface area contributed by atoms with Crippen LogP contribution in [0.25, 0.3) is 0 Å². The van der Waals surface area contributed by atoms with E-state index in [0.29, 0.717) is 5.41 Å². The van der Waals surface area contributed by atoms with Crippen LogP contribution in [0.1, 0.15) is 81.1 Å². The van der Waals surface area contributed by atoms with Crippen molar-refractivity contribution in [2.45, 2.75) is 81.1 Å². The molecular weight excluding hydrogens is 204 g/mol. The quantitative estimate of drug-likeness (QED) is 0.477. The van der Waals surface area contributed by atoms with Crippen LogP contribution in [0, 0.1) is 29.1 Å². The molecule has 0 aliphatic rings. The highest BCUT2D eigenvalue weighted by atomic mass is 14.4. The summed E-state index contributed by atoms with van der Waals surface area (Å²) in [7, 11) is 0. The molecule has 3 unspecified atom stereocenters. The van der Waals surface area contributed by atoms with Gasteiger partial charge in [0.2, 0.25) is 0 Å². The fourth-order valence-electron chi connectivity index (χ4n) is 3.60. The number of hydrogen-bond donors (Lipinski definition) is 0. The van der Waals surface area contributed by atoms with E-state index in [-0.39, 0.29) is 0 Å². The molecule has 0 rings (SSSR count). The van der Waals surface area contributed by atoms with E-state index < -0.39 is 0 Å². The molecular formula is C17H36. The van der Waals surface area contributed by atoms with E-state index in [1.807, 2.05) is 0 Å². The largest absolute Gasteiger partial charge is 0.0651 e. The van der Waals surface area contributed by atoms with Gasteiger partial charge in [0.25, 0.3) is 0 Å². The van der Waals surface area contributed by atoms with Gasteiger partial charge in [-0.3, -0.25) is 0 Å². The zero-order valence-electron chi connectivity index (χ0n) is 13.6. The highest BCUT2D eigenvalue weighted by Gasteiger charge is 2.37. The highest BCUT2D eigenvalue weighted by molar-refractivity contribution is 4.86. The monoisotopic (exact) mass is 240 g/mol. The maximum Gasteiger partial charge on any atom is -0.0300 e. The molecule has 104 valence electrons. The molecule has 0 saturated heterocycles. The molecule has 0 radical (unpaired) electrons. The first-order valence-electron chi connectivity index (χ1n) is 7.87. The van der Waals surface area contributed by atoms with Gasteiger partial charge in [0.05, 0.1) is 0 Å². The van der Waals surface area contributed by atoms with Crippen molar-refractivity contribution >= 4 is 0 Å². The molecule has 0 N–H and O–H groups in total. The van der Waals surface area contributed by atoms with Crippen LogP contribution in [-0.4, -0.2) is 0 Å². The second-order valence-electron chi connectivity index (χ2n) is 6.55. The summed E-state index contributed by atoms with van der Waals surface area (Å²) in [6, 6.07) is 0. The first-order valence-corrected chi connectivity index (χ1v) is 7.87. The summed E-state index contributed by atoms with van der Waals surface area (Å²) < 4.78 is 0. The van der Waals surface area contributed by atoms with E-state index in [4.69, 9.17) is 0 Å². The van der Waals surface area contributed by atoms with Crippen molar-refractivity contribution in [3.8, 4) is 0 Å². The third-order valence-corrected chi connectivity index (χ3v) is 5.67. The van der Waals surface area contributed by atoms with Crippen LogP contribution in [0.3, 0.4) is 0 Å². The fourth-order valence-corrected chi connectivity index (χ4v) is 3.60. The Hall–Kier alpha value is 0. The first kappa shape index (κ1) is 17.0. The summed E-state index contributed by atoms with van der Waals surface area (Å²) in [4.78, 5) is 0. The summed E-state index contributed by atoms with van der Waals surface area (Å²) in [6.45, 7) is 19.3. The lowest BCUT2D eigenvalue weighted by Gasteiger charge is -2.44. The zero-order valence-corrected chi connectivity index (χ0v) is 13.6. The third kappa shape index (κ3) is 4.00. The van der Waals surface area contributed by atoms with Crippen molar-refractivity contribution in [1.29, 1.82) is 0 Å². The van der Waals surface area contributed by atoms with E-state index in [2.05, 4.69) is 55.4 Å². The van der Waals surface area contributed by atoms with Gasteiger partial charge >= 0.3 is 0 Å². The predicted octanol–water partition coefficient (Wildman–Crippen LogP) is 6.16. The van der Waals surface area contributed by atoms with Crippen molar-refractivity contribution in [3.63, 3.8) is 0 Å². The van der Waals surface area contributed by atoms with Crippen molar-refractivity contribution in [2.24, 2.45) is 29.1 Å². The van der Waals surface area contributed by atoms with E-state index in [9.17, 15) is 0 Å². The summed E-state index contributed by atoms with van der Waals surface area (Å²) >= 11 is 0. The third-order valence-electron chi connectivity index (χ3n) is 5.67. The molecule has 0 aliphatic carbocycles. The summed E-state index contributed by atoms with van der Waals surface area (Å²) in [5.41, 5.74) is 0.540. The van der Waals surface area contributed by atoms with E-state index in [1.165, 1.54) is 25.7 Å². The normalized spacial score (nSPS) is 18.2. The minimum Gasteiger partial charge on any atom is -0.0651 e. The lowest BCUT2D eigenvalue weighted by molar-refractivity contribution is 0.0555. The van der Waals surface area contributed by atoms with Crippen LogP contribution in [0.4, 0.5) is 0 Å². The molecule has 17 heavy (non-hydrogen) atoms. The van der Waals surface area contributed by atoms with E-state index in [0.717, 1.165) is 23.7 Å². The van der Waals surface area contributed by atoms with Gasteiger partial charge in [-0.15, -0.1) is 0 Å². The summed E-state index contributed by atoms with van der Waals surface area (Å²) in [5.74, 6) is 3.44. The topological polar surface area (TPSA) is 0 Å². The SMILES string of the molecule is CCC(C(C)C(C)C)C(CC)C(C)(CC)CC. The lowest BCUT2D eigenvalue weighted by Crippen LogP contribution is -2.36. The van der Waals surface area contributed by atoms with Gasteiger partial charge < -0.3 is 0 Å². The smallest absolute Gasteiger partial charge is 0.0300 e. The van der Waals surface area contributed by atoms with Crippen LogP contribution in [0.15, 0.2) is 0 Å². The van der Waals surface area contributed by atoms with Gasteiger partial charge in [-0.2, -0.15) is 0 Å². The molecule has 3 atom stereocenters. The predicted molar refractivity (Wildman–Crippen MR) is 80.3 cm³/mol. The summed E-state index contributed by atoms with van der Waals surface area (Å²) in [6.07, 6.45) is 5.33. The Balaban J connectivity index is 5.05. The molecule has 0 aromatic heterocycles. The van der Waals surface area contributed by atoms with Gasteiger partial charge in [-0.1, -0.05) is 81.1 Å². The Morgan fingerprint density at radius 1 is 0.824 bits per heavy atom. The molecule has 0 aromatic rings. The van der Waals surface area contributed by atoms with Crippen molar-refractivity contribution in [3.05, 3.63) is 0 Å². The van der Waals surface area contributed by atoms with Gasteiger partial charge in [-0.25, -0.2) is 0 Å². The van der Waals surface area contributed by atoms with Gasteiger partial charge in [-0.05, 0) is 29.1 Å². The minimum atomic E-state index is 0.540. The van der Waals surface area contributed by atoms with Crippen LogP contribution >= 0.6 is 0 Å². The van der Waals surface area contributed by atoms with E-state index in [1.54, 1.807) is 0 Å². The Labute approximate surface area is 111 Å². The van der Waals surface area contributed by atoms with Crippen molar-refractivity contribution < 1.29 is 0 Å². The van der Waals surface area contributed by atoms with Crippen molar-refractivity contribution in [2.75, 3.05) is 0 Å². The van der Waals surface area contributed by atoms with Gasteiger partial charge in [0.1, 0.15) is 0 Å². The second kappa shape index (κ2) is 7.44. The molecule has 0 heteroatoms. The average molecular weight is 240 g/mol. The Kier molecular flexibility index (Phi) is 7.44. The standard InChI is InChI=1S/C17H36/c1-9-15(14(7)13(5)6)16(10-2)17(8,11-3)12-4/h13-16H,9-12H2,1-8H3. The molecule has 0 heterocycles.